The summed E-state index contributed by atoms with van der Waals surface area (Å²) in [7, 11) is 0. The van der Waals surface area contributed by atoms with E-state index in [4.69, 9.17) is 0 Å². The Bertz CT molecular complexity index is 601. The maximum absolute atomic E-state index is 12.4. The number of hydrogen-bond acceptors (Lipinski definition) is 4. The van der Waals surface area contributed by atoms with E-state index in [1.807, 2.05) is 0 Å². The van der Waals surface area contributed by atoms with Crippen LogP contribution >= 0.6 is 0 Å². The molecule has 3 unspecified atom stereocenters. The summed E-state index contributed by atoms with van der Waals surface area (Å²) in [6.07, 6.45) is 8.42. The first kappa shape index (κ1) is 17.0. The number of rotatable bonds is 5. The Labute approximate surface area is 148 Å². The highest BCUT2D eigenvalue weighted by Crippen LogP contribution is 2.62. The second-order valence-corrected chi connectivity index (χ2v) is 9.05. The first-order chi connectivity index (χ1) is 11.9. The Morgan fingerprint density at radius 3 is 2.64 bits per heavy atom. The summed E-state index contributed by atoms with van der Waals surface area (Å²) in [6.45, 7) is 2.12. The second-order valence-electron chi connectivity index (χ2n) is 9.05. The lowest BCUT2D eigenvalue weighted by Gasteiger charge is -2.62. The summed E-state index contributed by atoms with van der Waals surface area (Å²) >= 11 is 0. The molecule has 6 nitrogen and oxygen atoms in total. The van der Waals surface area contributed by atoms with Crippen molar-refractivity contribution in [1.29, 1.82) is 0 Å². The molecule has 4 saturated carbocycles. The van der Waals surface area contributed by atoms with Gasteiger partial charge in [-0.2, -0.15) is 5.10 Å². The highest BCUT2D eigenvalue weighted by atomic mass is 16.3. The molecule has 5 aliphatic rings. The summed E-state index contributed by atoms with van der Waals surface area (Å²) in [5.41, 5.74) is 2.96. The van der Waals surface area contributed by atoms with E-state index in [2.05, 4.69) is 22.8 Å². The lowest BCUT2D eigenvalue weighted by atomic mass is 9.46. The Kier molecular flexibility index (Phi) is 4.13. The second kappa shape index (κ2) is 6.08. The van der Waals surface area contributed by atoms with E-state index in [0.29, 0.717) is 37.5 Å². The van der Waals surface area contributed by atoms with Crippen molar-refractivity contribution >= 4 is 17.5 Å². The van der Waals surface area contributed by atoms with E-state index in [1.165, 1.54) is 6.42 Å². The summed E-state index contributed by atoms with van der Waals surface area (Å²) in [4.78, 5) is 23.5. The minimum Gasteiger partial charge on any atom is -0.390 e. The van der Waals surface area contributed by atoms with E-state index in [0.717, 1.165) is 37.8 Å². The molecule has 25 heavy (non-hydrogen) atoms. The third-order valence-corrected chi connectivity index (χ3v) is 6.99. The lowest BCUT2D eigenvalue weighted by Crippen LogP contribution is -2.61. The first-order valence-electron chi connectivity index (χ1n) is 9.72. The van der Waals surface area contributed by atoms with Gasteiger partial charge in [0, 0.05) is 24.6 Å². The number of carbonyl (C=O) groups is 2. The van der Waals surface area contributed by atoms with Crippen LogP contribution in [0.25, 0.3) is 0 Å². The molecular formula is C19H29N3O3. The molecule has 0 aromatic heterocycles. The topological polar surface area (TPSA) is 90.8 Å². The monoisotopic (exact) mass is 347 g/mol. The van der Waals surface area contributed by atoms with Gasteiger partial charge in [-0.3, -0.25) is 9.59 Å². The van der Waals surface area contributed by atoms with Gasteiger partial charge in [0.1, 0.15) is 0 Å². The predicted molar refractivity (Wildman–Crippen MR) is 93.7 cm³/mol. The van der Waals surface area contributed by atoms with E-state index in [1.54, 1.807) is 0 Å². The van der Waals surface area contributed by atoms with Gasteiger partial charge < -0.3 is 10.4 Å². The van der Waals surface area contributed by atoms with Crippen molar-refractivity contribution in [3.8, 4) is 0 Å². The third kappa shape index (κ3) is 3.33. The molecule has 2 amide bonds. The quantitative estimate of drug-likeness (QED) is 0.709. The molecule has 4 fully saturated rings. The number of nitrogens with zero attached hydrogens (tertiary/aromatic N) is 1. The van der Waals surface area contributed by atoms with Crippen molar-refractivity contribution in [1.82, 2.24) is 10.7 Å². The van der Waals surface area contributed by atoms with Crippen molar-refractivity contribution in [2.45, 2.75) is 82.8 Å². The summed E-state index contributed by atoms with van der Waals surface area (Å²) < 4.78 is 0. The maximum atomic E-state index is 12.4. The van der Waals surface area contributed by atoms with Crippen molar-refractivity contribution < 1.29 is 14.7 Å². The average Bonchev–Trinajstić information content (AvgIpc) is 2.52. The smallest absolute Gasteiger partial charge is 0.240 e. The average molecular weight is 347 g/mol. The summed E-state index contributed by atoms with van der Waals surface area (Å²) in [6, 6.07) is 0.102. The van der Waals surface area contributed by atoms with E-state index < -0.39 is 5.60 Å². The van der Waals surface area contributed by atoms with E-state index in [-0.39, 0.29) is 23.3 Å². The largest absolute Gasteiger partial charge is 0.390 e. The predicted octanol–water partition coefficient (Wildman–Crippen LogP) is 1.87. The van der Waals surface area contributed by atoms with Gasteiger partial charge >= 0.3 is 0 Å². The fourth-order valence-electron chi connectivity index (χ4n) is 6.21. The summed E-state index contributed by atoms with van der Waals surface area (Å²) in [5, 5.41) is 18.1. The van der Waals surface area contributed by atoms with Crippen LogP contribution in [0.2, 0.25) is 0 Å². The molecule has 3 atom stereocenters. The highest BCUT2D eigenvalue weighted by molar-refractivity contribution is 5.94. The standard InChI is InChI=1S/C19H29N3O3/c1-12(20-16(23)4-2-15-3-5-17(24)22-21-15)18-7-13-6-14(8-18)10-19(25,9-13)11-18/h12-14,25H,2-11H2,1H3,(H,20,23)(H,22,24). The van der Waals surface area contributed by atoms with Crippen molar-refractivity contribution in [2.75, 3.05) is 0 Å². The van der Waals surface area contributed by atoms with Gasteiger partial charge in [-0.15, -0.1) is 0 Å². The molecule has 1 heterocycles. The van der Waals surface area contributed by atoms with Gasteiger partial charge in [0.15, 0.2) is 0 Å². The number of carbonyl (C=O) groups excluding carboxylic acids is 2. The van der Waals surface area contributed by atoms with Gasteiger partial charge in [0.05, 0.1) is 5.60 Å². The number of hydrogen-bond donors (Lipinski definition) is 3. The molecule has 0 spiro atoms. The van der Waals surface area contributed by atoms with Gasteiger partial charge in [-0.25, -0.2) is 5.43 Å². The molecular weight excluding hydrogens is 318 g/mol. The zero-order valence-corrected chi connectivity index (χ0v) is 15.0. The van der Waals surface area contributed by atoms with Crippen LogP contribution in [0.4, 0.5) is 0 Å². The molecule has 1 aliphatic heterocycles. The van der Waals surface area contributed by atoms with E-state index in [9.17, 15) is 14.7 Å². The van der Waals surface area contributed by atoms with Gasteiger partial charge in [0.25, 0.3) is 0 Å². The number of amides is 2. The molecule has 4 aliphatic carbocycles. The SMILES string of the molecule is CC(NC(=O)CCC1=NNC(=O)CC1)C12CC3CC(CC(O)(C3)C1)C2. The number of aliphatic hydroxyl groups is 1. The van der Waals surface area contributed by atoms with Crippen molar-refractivity contribution in [3.05, 3.63) is 0 Å². The maximum Gasteiger partial charge on any atom is 0.240 e. The normalized spacial score (nSPS) is 40.4. The zero-order chi connectivity index (χ0) is 17.7. The van der Waals surface area contributed by atoms with Gasteiger partial charge in [0.2, 0.25) is 11.8 Å². The minimum absolute atomic E-state index is 0.0508. The Balaban J connectivity index is 1.33. The molecule has 6 heteroatoms. The Morgan fingerprint density at radius 1 is 1.32 bits per heavy atom. The molecule has 0 aromatic rings. The van der Waals surface area contributed by atoms with Crippen LogP contribution in [-0.2, 0) is 9.59 Å². The summed E-state index contributed by atoms with van der Waals surface area (Å²) in [5.74, 6) is 1.26. The molecule has 138 valence electrons. The molecule has 0 saturated heterocycles. The van der Waals surface area contributed by atoms with Crippen molar-refractivity contribution in [2.24, 2.45) is 22.4 Å². The van der Waals surface area contributed by atoms with Gasteiger partial charge in [-0.05, 0) is 75.5 Å². The molecule has 5 rings (SSSR count). The number of nitrogens with one attached hydrogen (secondary N) is 2. The van der Waals surface area contributed by atoms with Crippen molar-refractivity contribution in [3.63, 3.8) is 0 Å². The minimum atomic E-state index is -0.488. The van der Waals surface area contributed by atoms with Crippen LogP contribution in [0.5, 0.6) is 0 Å². The van der Waals surface area contributed by atoms with Crippen LogP contribution in [0.1, 0.15) is 71.1 Å². The molecule has 0 radical (unpaired) electrons. The fraction of sp³-hybridized carbons (Fsp3) is 0.842. The lowest BCUT2D eigenvalue weighted by molar-refractivity contribution is -0.173. The fourth-order valence-corrected chi connectivity index (χ4v) is 6.21. The van der Waals surface area contributed by atoms with Crippen LogP contribution in [0.3, 0.4) is 0 Å². The first-order valence-corrected chi connectivity index (χ1v) is 9.72. The third-order valence-electron chi connectivity index (χ3n) is 6.99. The van der Waals surface area contributed by atoms with Crippen LogP contribution in [0, 0.1) is 17.3 Å². The highest BCUT2D eigenvalue weighted by Gasteiger charge is 2.58. The Morgan fingerprint density at radius 2 is 2.04 bits per heavy atom. The van der Waals surface area contributed by atoms with Crippen LogP contribution < -0.4 is 10.7 Å². The Hall–Kier alpha value is -1.43. The number of hydrazone groups is 1. The van der Waals surface area contributed by atoms with Crippen LogP contribution in [0.15, 0.2) is 5.10 Å². The van der Waals surface area contributed by atoms with E-state index >= 15 is 0 Å². The molecule has 0 aromatic carbocycles. The van der Waals surface area contributed by atoms with Gasteiger partial charge in [-0.1, -0.05) is 0 Å². The molecule has 4 bridgehead atoms. The molecule has 3 N–H and O–H groups in total. The van der Waals surface area contributed by atoms with Crippen LogP contribution in [-0.4, -0.2) is 34.3 Å². The zero-order valence-electron chi connectivity index (χ0n) is 15.0.